The molecule has 0 radical (unpaired) electrons. The zero-order chi connectivity index (χ0) is 15.2. The largest absolute Gasteiger partial charge is 0.465 e. The molecule has 1 atom stereocenters. The van der Waals surface area contributed by atoms with Gasteiger partial charge in [0, 0.05) is 6.07 Å². The Morgan fingerprint density at radius 3 is 2.86 bits per heavy atom. The lowest BCUT2D eigenvalue weighted by molar-refractivity contribution is -0.145. The Morgan fingerprint density at radius 1 is 1.33 bits per heavy atom. The lowest BCUT2D eigenvalue weighted by Crippen LogP contribution is -2.16. The van der Waals surface area contributed by atoms with Gasteiger partial charge in [0.2, 0.25) is 6.79 Å². The highest BCUT2D eigenvalue weighted by Gasteiger charge is 2.22. The number of fused-ring (bicyclic) bond motifs is 2. The predicted octanol–water partition coefficient (Wildman–Crippen LogP) is 3.89. The number of rotatable bonds is 7. The Balaban J connectivity index is 2.06. The first kappa shape index (κ1) is 15.7. The second-order valence-electron chi connectivity index (χ2n) is 5.87. The fourth-order valence-electron chi connectivity index (χ4n) is 2.46. The van der Waals surface area contributed by atoms with Crippen LogP contribution >= 0.6 is 0 Å². The van der Waals surface area contributed by atoms with E-state index in [-0.39, 0.29) is 18.7 Å². The van der Waals surface area contributed by atoms with Gasteiger partial charge >= 0.3 is 5.97 Å². The average molecular weight is 292 g/mol. The third kappa shape index (κ3) is 4.38. The molecule has 4 nitrogen and oxygen atoms in total. The summed E-state index contributed by atoms with van der Waals surface area (Å²) in [5.41, 5.74) is 1.07. The highest BCUT2D eigenvalue weighted by atomic mass is 16.7. The van der Waals surface area contributed by atoms with Crippen molar-refractivity contribution in [3.63, 3.8) is 0 Å². The van der Waals surface area contributed by atoms with Crippen molar-refractivity contribution in [2.75, 3.05) is 13.4 Å². The number of carbonyl (C=O) groups excluding carboxylic acids is 1. The third-order valence-corrected chi connectivity index (χ3v) is 3.49. The molecular formula is C17H24O4. The van der Waals surface area contributed by atoms with Crippen LogP contribution in [-0.2, 0) is 9.53 Å². The van der Waals surface area contributed by atoms with E-state index in [0.29, 0.717) is 18.9 Å². The van der Waals surface area contributed by atoms with Crippen LogP contribution in [0.25, 0.3) is 0 Å². The quantitative estimate of drug-likeness (QED) is 0.715. The van der Waals surface area contributed by atoms with Gasteiger partial charge < -0.3 is 14.2 Å². The lowest BCUT2D eigenvalue weighted by Gasteiger charge is -2.23. The van der Waals surface area contributed by atoms with Crippen LogP contribution in [0.2, 0.25) is 0 Å². The maximum absolute atomic E-state index is 12.0. The van der Waals surface area contributed by atoms with Gasteiger partial charge in [0.05, 0.1) is 13.0 Å². The summed E-state index contributed by atoms with van der Waals surface area (Å²) in [6, 6.07) is 5.82. The Labute approximate surface area is 126 Å². The fraction of sp³-hybridized carbons (Fsp3) is 0.588. The molecule has 0 aromatic heterocycles. The molecule has 0 saturated carbocycles. The first-order valence-electron chi connectivity index (χ1n) is 7.65. The summed E-state index contributed by atoms with van der Waals surface area (Å²) >= 11 is 0. The topological polar surface area (TPSA) is 44.8 Å². The van der Waals surface area contributed by atoms with Crippen molar-refractivity contribution in [1.29, 1.82) is 0 Å². The molecule has 0 spiro atoms. The van der Waals surface area contributed by atoms with E-state index >= 15 is 0 Å². The molecule has 1 unspecified atom stereocenters. The molecule has 0 saturated heterocycles. The first-order valence-corrected chi connectivity index (χ1v) is 7.65. The fourth-order valence-corrected chi connectivity index (χ4v) is 2.46. The normalized spacial score (nSPS) is 14.3. The maximum Gasteiger partial charge on any atom is 0.306 e. The summed E-state index contributed by atoms with van der Waals surface area (Å²) in [7, 11) is 0. The molecule has 116 valence electrons. The zero-order valence-electron chi connectivity index (χ0n) is 13.1. The number of carbonyl (C=O) groups is 1. The summed E-state index contributed by atoms with van der Waals surface area (Å²) in [5, 5.41) is 0. The third-order valence-electron chi connectivity index (χ3n) is 3.49. The summed E-state index contributed by atoms with van der Waals surface area (Å²) in [4.78, 5) is 12.0. The van der Waals surface area contributed by atoms with Crippen molar-refractivity contribution in [1.82, 2.24) is 0 Å². The van der Waals surface area contributed by atoms with E-state index in [1.807, 2.05) is 32.0 Å². The van der Waals surface area contributed by atoms with Gasteiger partial charge in [-0.3, -0.25) is 4.79 Å². The van der Waals surface area contributed by atoms with E-state index in [2.05, 4.69) is 6.92 Å². The molecular weight excluding hydrogens is 268 g/mol. The second-order valence-corrected chi connectivity index (χ2v) is 5.87. The number of esters is 1. The minimum atomic E-state index is -0.134. The summed E-state index contributed by atoms with van der Waals surface area (Å²) in [6.07, 6.45) is 2.35. The van der Waals surface area contributed by atoms with E-state index < -0.39 is 0 Å². The van der Waals surface area contributed by atoms with Gasteiger partial charge in [0.1, 0.15) is 11.5 Å². The van der Waals surface area contributed by atoms with Gasteiger partial charge in [-0.25, -0.2) is 0 Å². The van der Waals surface area contributed by atoms with Crippen LogP contribution in [0.4, 0.5) is 0 Å². The summed E-state index contributed by atoms with van der Waals surface area (Å²) < 4.78 is 16.2. The van der Waals surface area contributed by atoms with E-state index in [1.165, 1.54) is 0 Å². The smallest absolute Gasteiger partial charge is 0.306 e. The molecule has 1 aromatic carbocycles. The van der Waals surface area contributed by atoms with Crippen molar-refractivity contribution < 1.29 is 19.0 Å². The molecule has 0 N–H and O–H groups in total. The summed E-state index contributed by atoms with van der Waals surface area (Å²) in [5.74, 6) is 2.01. The molecule has 4 heteroatoms. The molecule has 21 heavy (non-hydrogen) atoms. The van der Waals surface area contributed by atoms with Crippen LogP contribution in [0.15, 0.2) is 18.2 Å². The Kier molecular flexibility index (Phi) is 5.48. The summed E-state index contributed by atoms with van der Waals surface area (Å²) in [6.45, 7) is 6.91. The molecule has 0 aliphatic carbocycles. The first-order chi connectivity index (χ1) is 10.1. The van der Waals surface area contributed by atoms with E-state index in [4.69, 9.17) is 14.2 Å². The second kappa shape index (κ2) is 7.34. The van der Waals surface area contributed by atoms with Gasteiger partial charge in [0.15, 0.2) is 0 Å². The highest BCUT2D eigenvalue weighted by molar-refractivity contribution is 5.71. The van der Waals surface area contributed by atoms with Gasteiger partial charge in [-0.05, 0) is 29.9 Å². The van der Waals surface area contributed by atoms with Gasteiger partial charge in [-0.1, -0.05) is 33.3 Å². The molecule has 0 fully saturated rings. The van der Waals surface area contributed by atoms with Crippen molar-refractivity contribution in [2.24, 2.45) is 5.92 Å². The maximum atomic E-state index is 12.0. The van der Waals surface area contributed by atoms with Crippen LogP contribution in [0, 0.1) is 5.92 Å². The number of hydrogen-bond donors (Lipinski definition) is 0. The van der Waals surface area contributed by atoms with Crippen LogP contribution in [0.5, 0.6) is 11.5 Å². The molecule has 1 aromatic rings. The Morgan fingerprint density at radius 2 is 2.14 bits per heavy atom. The molecule has 1 heterocycles. The van der Waals surface area contributed by atoms with Crippen molar-refractivity contribution in [2.45, 2.75) is 46.0 Å². The Bertz CT molecular complexity index is 482. The molecule has 1 aliphatic rings. The monoisotopic (exact) mass is 292 g/mol. The molecule has 1 aliphatic heterocycles. The van der Waals surface area contributed by atoms with Crippen LogP contribution < -0.4 is 9.47 Å². The average Bonchev–Trinajstić information content (AvgIpc) is 2.45. The van der Waals surface area contributed by atoms with Crippen molar-refractivity contribution in [3.8, 4) is 11.5 Å². The van der Waals surface area contributed by atoms with E-state index in [9.17, 15) is 4.79 Å². The zero-order valence-corrected chi connectivity index (χ0v) is 13.1. The predicted molar refractivity (Wildman–Crippen MR) is 80.6 cm³/mol. The molecule has 2 rings (SSSR count). The van der Waals surface area contributed by atoms with E-state index in [0.717, 1.165) is 29.9 Å². The highest BCUT2D eigenvalue weighted by Crippen LogP contribution is 2.37. The van der Waals surface area contributed by atoms with Crippen molar-refractivity contribution >= 4 is 5.97 Å². The lowest BCUT2D eigenvalue weighted by atomic mass is 9.90. The van der Waals surface area contributed by atoms with Gasteiger partial charge in [0.25, 0.3) is 0 Å². The van der Waals surface area contributed by atoms with Gasteiger partial charge in [-0.2, -0.15) is 0 Å². The van der Waals surface area contributed by atoms with Crippen LogP contribution in [0.3, 0.4) is 0 Å². The SMILES string of the molecule is CCCC(CC(=O)OCC(C)C)c1ccc2cc1OCO2. The number of hydrogen-bond acceptors (Lipinski definition) is 4. The molecule has 2 bridgehead atoms. The van der Waals surface area contributed by atoms with Crippen LogP contribution in [0.1, 0.15) is 51.5 Å². The number of benzene rings is 1. The standard InChI is InChI=1S/C17H24O4/c1-4-5-13(8-17(18)19-10-12(2)3)15-7-6-14-9-16(15)21-11-20-14/h6-7,9,12-13H,4-5,8,10-11H2,1-3H3. The number of ether oxygens (including phenoxy) is 3. The van der Waals surface area contributed by atoms with Crippen LogP contribution in [-0.4, -0.2) is 19.4 Å². The van der Waals surface area contributed by atoms with Gasteiger partial charge in [-0.15, -0.1) is 0 Å². The molecule has 0 amide bonds. The van der Waals surface area contributed by atoms with Crippen molar-refractivity contribution in [3.05, 3.63) is 23.8 Å². The Hall–Kier alpha value is -1.71. The minimum Gasteiger partial charge on any atom is -0.465 e. The van der Waals surface area contributed by atoms with E-state index in [1.54, 1.807) is 0 Å². The minimum absolute atomic E-state index is 0.134.